The zero-order chi connectivity index (χ0) is 15.9. The Bertz CT molecular complexity index is 809. The zero-order valence-corrected chi connectivity index (χ0v) is 11.1. The van der Waals surface area contributed by atoms with Crippen molar-refractivity contribution < 1.29 is 14.9 Å². The molecule has 12 nitrogen and oxygen atoms in total. The third-order valence-electron chi connectivity index (χ3n) is 3.43. The first-order valence-electron chi connectivity index (χ1n) is 6.27. The Morgan fingerprint density at radius 2 is 2.41 bits per heavy atom. The van der Waals surface area contributed by atoms with Crippen LogP contribution in [0.4, 0.5) is 5.95 Å². The first kappa shape index (κ1) is 14.3. The van der Waals surface area contributed by atoms with E-state index < -0.39 is 36.6 Å². The van der Waals surface area contributed by atoms with Crippen LogP contribution < -0.4 is 11.3 Å². The minimum atomic E-state index is -1.24. The summed E-state index contributed by atoms with van der Waals surface area (Å²) < 4.78 is 6.79. The maximum atomic E-state index is 11.7. The number of rotatable bonds is 3. The maximum absolute atomic E-state index is 11.7. The fraction of sp³-hybridized carbons (Fsp3) is 0.500. The summed E-state index contributed by atoms with van der Waals surface area (Å²) in [5.74, 6) is -0.114. The summed E-state index contributed by atoms with van der Waals surface area (Å²) in [5.41, 5.74) is 13.6. The van der Waals surface area contributed by atoms with Crippen molar-refractivity contribution in [3.05, 3.63) is 27.1 Å². The highest BCUT2D eigenvalue weighted by Gasteiger charge is 2.44. The number of aromatic amines is 1. The quantitative estimate of drug-likeness (QED) is 0.305. The molecule has 0 bridgehead atoms. The van der Waals surface area contributed by atoms with Crippen molar-refractivity contribution in [1.82, 2.24) is 19.5 Å². The van der Waals surface area contributed by atoms with E-state index in [0.717, 1.165) is 0 Å². The molecule has 22 heavy (non-hydrogen) atoms. The summed E-state index contributed by atoms with van der Waals surface area (Å²) in [4.78, 5) is 24.5. The van der Waals surface area contributed by atoms with Gasteiger partial charge in [-0.2, -0.15) is 4.98 Å². The number of azide groups is 1. The van der Waals surface area contributed by atoms with Gasteiger partial charge in [0.1, 0.15) is 6.10 Å². The fourth-order valence-electron chi connectivity index (χ4n) is 2.44. The number of nitrogens with one attached hydrogen (secondary N) is 1. The Morgan fingerprint density at radius 3 is 3.09 bits per heavy atom. The van der Waals surface area contributed by atoms with Crippen LogP contribution in [0.15, 0.2) is 16.2 Å². The predicted molar refractivity (Wildman–Crippen MR) is 72.5 cm³/mol. The molecule has 0 aromatic carbocycles. The molecule has 1 saturated heterocycles. The number of anilines is 1. The lowest BCUT2D eigenvalue weighted by Crippen LogP contribution is -2.31. The van der Waals surface area contributed by atoms with Gasteiger partial charge in [-0.1, -0.05) is 5.11 Å². The molecule has 0 spiro atoms. The SMILES string of the molecule is [N-]=[N+]=NC1[C@@H](CO)O[C@@H](n2cnc3c(=O)[nH]c(N)nc32)[C@H]1O. The standard InChI is InChI=1S/C10H12N8O4/c11-10-14-7-5(8(21)15-10)13-2-18(7)9-6(20)4(16-17-12)3(1-19)22-9/h2-4,6,9,19-20H,1H2,(H3,11,14,15,21)/t3-,4?,6+,9-/m1/s1. The topological polar surface area (TPSA) is 188 Å². The number of aliphatic hydroxyl groups is 2. The van der Waals surface area contributed by atoms with E-state index in [1.807, 2.05) is 0 Å². The summed E-state index contributed by atoms with van der Waals surface area (Å²) >= 11 is 0. The van der Waals surface area contributed by atoms with E-state index in [2.05, 4.69) is 25.0 Å². The number of nitrogens with two attached hydrogens (primary N) is 1. The Balaban J connectivity index is 2.08. The molecule has 1 fully saturated rings. The number of aromatic nitrogens is 4. The average molecular weight is 308 g/mol. The number of hydrogen-bond donors (Lipinski definition) is 4. The fourth-order valence-corrected chi connectivity index (χ4v) is 2.44. The lowest BCUT2D eigenvalue weighted by molar-refractivity contribution is -0.0488. The molecule has 116 valence electrons. The number of ether oxygens (including phenoxy) is 1. The molecule has 4 atom stereocenters. The highest BCUT2D eigenvalue weighted by molar-refractivity contribution is 5.70. The van der Waals surface area contributed by atoms with E-state index in [-0.39, 0.29) is 17.1 Å². The maximum Gasteiger partial charge on any atom is 0.280 e. The molecule has 1 aliphatic heterocycles. The average Bonchev–Trinajstić information content (AvgIpc) is 3.02. The van der Waals surface area contributed by atoms with Crippen LogP contribution in [0.25, 0.3) is 21.6 Å². The summed E-state index contributed by atoms with van der Waals surface area (Å²) in [6, 6.07) is -0.975. The Kier molecular flexibility index (Phi) is 3.42. The van der Waals surface area contributed by atoms with Gasteiger partial charge >= 0.3 is 0 Å². The third-order valence-corrected chi connectivity index (χ3v) is 3.43. The zero-order valence-electron chi connectivity index (χ0n) is 11.1. The van der Waals surface area contributed by atoms with Gasteiger partial charge in [0.2, 0.25) is 5.95 Å². The van der Waals surface area contributed by atoms with Gasteiger partial charge in [0.05, 0.1) is 25.1 Å². The molecule has 3 rings (SSSR count). The highest BCUT2D eigenvalue weighted by Crippen LogP contribution is 2.32. The summed E-state index contributed by atoms with van der Waals surface area (Å²) in [6.07, 6.45) is -1.89. The van der Waals surface area contributed by atoms with E-state index in [1.165, 1.54) is 10.9 Å². The Hall–Kier alpha value is -2.66. The van der Waals surface area contributed by atoms with Crippen LogP contribution in [-0.4, -0.2) is 54.6 Å². The molecular formula is C10H12N8O4. The number of imidazole rings is 1. The van der Waals surface area contributed by atoms with Crippen molar-refractivity contribution in [2.75, 3.05) is 12.3 Å². The Labute approximate surface area is 121 Å². The molecule has 12 heteroatoms. The second kappa shape index (κ2) is 5.27. The van der Waals surface area contributed by atoms with Crippen LogP contribution in [0.1, 0.15) is 6.23 Å². The molecular weight excluding hydrogens is 296 g/mol. The van der Waals surface area contributed by atoms with Gasteiger partial charge in [-0.15, -0.1) is 0 Å². The number of H-pyrrole nitrogens is 1. The normalized spacial score (nSPS) is 27.9. The smallest absolute Gasteiger partial charge is 0.280 e. The molecule has 0 amide bonds. The van der Waals surface area contributed by atoms with E-state index in [0.29, 0.717) is 0 Å². The van der Waals surface area contributed by atoms with Crippen LogP contribution in [0, 0.1) is 0 Å². The molecule has 2 aromatic rings. The number of hydrogen-bond acceptors (Lipinski definition) is 8. The number of fused-ring (bicyclic) bond motifs is 1. The lowest BCUT2D eigenvalue weighted by atomic mass is 10.1. The van der Waals surface area contributed by atoms with Gasteiger partial charge in [0.15, 0.2) is 17.4 Å². The van der Waals surface area contributed by atoms with Crippen LogP contribution in [0.5, 0.6) is 0 Å². The lowest BCUT2D eigenvalue weighted by Gasteiger charge is -2.16. The van der Waals surface area contributed by atoms with E-state index in [4.69, 9.17) is 16.0 Å². The molecule has 5 N–H and O–H groups in total. The van der Waals surface area contributed by atoms with Crippen molar-refractivity contribution in [1.29, 1.82) is 0 Å². The van der Waals surface area contributed by atoms with E-state index >= 15 is 0 Å². The van der Waals surface area contributed by atoms with Crippen molar-refractivity contribution in [2.45, 2.75) is 24.5 Å². The molecule has 0 aliphatic carbocycles. The molecule has 3 heterocycles. The van der Waals surface area contributed by atoms with Gasteiger partial charge in [0.25, 0.3) is 5.56 Å². The summed E-state index contributed by atoms with van der Waals surface area (Å²) in [7, 11) is 0. The Morgan fingerprint density at radius 1 is 1.64 bits per heavy atom. The molecule has 1 unspecified atom stereocenters. The summed E-state index contributed by atoms with van der Waals surface area (Å²) in [5, 5.41) is 23.0. The van der Waals surface area contributed by atoms with Crippen LogP contribution in [0.3, 0.4) is 0 Å². The van der Waals surface area contributed by atoms with Gasteiger partial charge in [0, 0.05) is 4.91 Å². The highest BCUT2D eigenvalue weighted by atomic mass is 16.5. The second-order valence-corrected chi connectivity index (χ2v) is 4.71. The molecule has 0 radical (unpaired) electrons. The number of aliphatic hydroxyl groups excluding tert-OH is 2. The van der Waals surface area contributed by atoms with Crippen LogP contribution >= 0.6 is 0 Å². The van der Waals surface area contributed by atoms with Crippen molar-refractivity contribution in [3.8, 4) is 0 Å². The molecule has 0 saturated carbocycles. The van der Waals surface area contributed by atoms with Gasteiger partial charge < -0.3 is 20.7 Å². The van der Waals surface area contributed by atoms with E-state index in [9.17, 15) is 15.0 Å². The second-order valence-electron chi connectivity index (χ2n) is 4.71. The van der Waals surface area contributed by atoms with Crippen LogP contribution in [-0.2, 0) is 4.74 Å². The molecule has 2 aromatic heterocycles. The largest absolute Gasteiger partial charge is 0.394 e. The van der Waals surface area contributed by atoms with Gasteiger partial charge in [-0.05, 0) is 5.53 Å². The van der Waals surface area contributed by atoms with Gasteiger partial charge in [-0.3, -0.25) is 14.3 Å². The number of nitrogens with zero attached hydrogens (tertiary/aromatic N) is 6. The monoisotopic (exact) mass is 308 g/mol. The van der Waals surface area contributed by atoms with Crippen molar-refractivity contribution in [2.24, 2.45) is 5.11 Å². The first-order chi connectivity index (χ1) is 10.6. The first-order valence-corrected chi connectivity index (χ1v) is 6.27. The van der Waals surface area contributed by atoms with Crippen molar-refractivity contribution >= 4 is 17.1 Å². The van der Waals surface area contributed by atoms with E-state index in [1.54, 1.807) is 0 Å². The third kappa shape index (κ3) is 2.07. The minimum absolute atomic E-state index is 0.0257. The predicted octanol–water partition coefficient (Wildman–Crippen LogP) is -1.37. The minimum Gasteiger partial charge on any atom is -0.394 e. The van der Waals surface area contributed by atoms with Crippen molar-refractivity contribution in [3.63, 3.8) is 0 Å². The summed E-state index contributed by atoms with van der Waals surface area (Å²) in [6.45, 7) is -0.444. The number of nitrogen functional groups attached to an aromatic ring is 1. The van der Waals surface area contributed by atoms with Gasteiger partial charge in [-0.25, -0.2) is 4.98 Å². The van der Waals surface area contributed by atoms with Crippen LogP contribution in [0.2, 0.25) is 0 Å². The molecule has 1 aliphatic rings.